The van der Waals surface area contributed by atoms with Crippen LogP contribution in [0, 0.1) is 9.39 Å². The minimum atomic E-state index is -0.706. The van der Waals surface area contributed by atoms with E-state index in [2.05, 4.69) is 5.32 Å². The molecule has 2 aliphatic rings. The number of carbonyl (C=O) groups excluding carboxylic acids is 3. The summed E-state index contributed by atoms with van der Waals surface area (Å²) in [5, 5.41) is 2.22. The predicted molar refractivity (Wildman–Crippen MR) is 75.2 cm³/mol. The van der Waals surface area contributed by atoms with Crippen molar-refractivity contribution in [2.24, 2.45) is 0 Å². The molecule has 5 nitrogen and oxygen atoms in total. The largest absolute Gasteiger partial charge is 0.322 e. The molecule has 1 saturated heterocycles. The van der Waals surface area contributed by atoms with Crippen molar-refractivity contribution in [1.82, 2.24) is 10.2 Å². The highest BCUT2D eigenvalue weighted by Gasteiger charge is 2.40. The molecule has 1 atom stereocenters. The van der Waals surface area contributed by atoms with Crippen LogP contribution >= 0.6 is 22.6 Å². The molecule has 7 heteroatoms. The molecule has 20 heavy (non-hydrogen) atoms. The molecular weight excluding hydrogens is 378 g/mol. The maximum atomic E-state index is 13.8. The highest BCUT2D eigenvalue weighted by Crippen LogP contribution is 2.32. The van der Waals surface area contributed by atoms with Crippen molar-refractivity contribution in [3.63, 3.8) is 0 Å². The first-order valence-corrected chi connectivity index (χ1v) is 7.18. The first kappa shape index (κ1) is 13.5. The van der Waals surface area contributed by atoms with Gasteiger partial charge in [0.05, 0.1) is 12.1 Å². The topological polar surface area (TPSA) is 66.5 Å². The van der Waals surface area contributed by atoms with Crippen molar-refractivity contribution in [2.45, 2.75) is 25.4 Å². The first-order valence-electron chi connectivity index (χ1n) is 6.10. The summed E-state index contributed by atoms with van der Waals surface area (Å²) in [7, 11) is 0. The Balaban J connectivity index is 1.94. The monoisotopic (exact) mass is 388 g/mol. The third kappa shape index (κ3) is 2.00. The van der Waals surface area contributed by atoms with Gasteiger partial charge in [0.15, 0.2) is 0 Å². The van der Waals surface area contributed by atoms with E-state index in [0.717, 1.165) is 0 Å². The average Bonchev–Trinajstić information content (AvgIpc) is 2.73. The van der Waals surface area contributed by atoms with E-state index in [0.29, 0.717) is 14.7 Å². The number of benzene rings is 1. The van der Waals surface area contributed by atoms with Gasteiger partial charge in [0.1, 0.15) is 11.9 Å². The lowest BCUT2D eigenvalue weighted by Gasteiger charge is -2.29. The van der Waals surface area contributed by atoms with Crippen molar-refractivity contribution in [2.75, 3.05) is 0 Å². The summed E-state index contributed by atoms with van der Waals surface area (Å²) < 4.78 is 14.5. The van der Waals surface area contributed by atoms with Crippen LogP contribution in [0.15, 0.2) is 12.1 Å². The zero-order valence-corrected chi connectivity index (χ0v) is 12.4. The quantitative estimate of drug-likeness (QED) is 0.581. The van der Waals surface area contributed by atoms with Crippen LogP contribution in [-0.2, 0) is 16.1 Å². The summed E-state index contributed by atoms with van der Waals surface area (Å²) in [5.74, 6) is -1.61. The normalized spacial score (nSPS) is 22.0. The van der Waals surface area contributed by atoms with Crippen LogP contribution in [0.2, 0.25) is 0 Å². The predicted octanol–water partition coefficient (Wildman–Crippen LogP) is 1.19. The number of piperidine rings is 1. The molecular formula is C13H10FIN2O3. The van der Waals surface area contributed by atoms with Crippen LogP contribution in [0.25, 0.3) is 0 Å². The molecule has 0 radical (unpaired) electrons. The Hall–Kier alpha value is -1.51. The average molecular weight is 388 g/mol. The lowest BCUT2D eigenvalue weighted by atomic mass is 10.0. The second-order valence-corrected chi connectivity index (χ2v) is 5.94. The summed E-state index contributed by atoms with van der Waals surface area (Å²) in [6.45, 7) is 0.0725. The van der Waals surface area contributed by atoms with Crippen LogP contribution in [0.1, 0.15) is 28.8 Å². The third-order valence-corrected chi connectivity index (χ3v) is 4.49. The maximum Gasteiger partial charge on any atom is 0.256 e. The van der Waals surface area contributed by atoms with Crippen molar-refractivity contribution in [1.29, 1.82) is 0 Å². The summed E-state index contributed by atoms with van der Waals surface area (Å²) in [5.41, 5.74) is 0.655. The van der Waals surface area contributed by atoms with Gasteiger partial charge >= 0.3 is 0 Å². The van der Waals surface area contributed by atoms with Crippen molar-refractivity contribution >= 4 is 40.3 Å². The van der Waals surface area contributed by atoms with Gasteiger partial charge < -0.3 is 4.90 Å². The molecule has 3 rings (SSSR count). The summed E-state index contributed by atoms with van der Waals surface area (Å²) in [6.07, 6.45) is 0.471. The van der Waals surface area contributed by atoms with Crippen LogP contribution in [0.3, 0.4) is 0 Å². The number of hydrogen-bond donors (Lipinski definition) is 1. The Morgan fingerprint density at radius 1 is 1.30 bits per heavy atom. The minimum absolute atomic E-state index is 0.0725. The number of nitrogens with zero attached hydrogens (tertiary/aromatic N) is 1. The molecule has 1 aromatic rings. The minimum Gasteiger partial charge on any atom is -0.322 e. The first-order chi connectivity index (χ1) is 9.49. The van der Waals surface area contributed by atoms with Gasteiger partial charge in [-0.15, -0.1) is 0 Å². The molecule has 1 aromatic carbocycles. The Morgan fingerprint density at radius 2 is 2.05 bits per heavy atom. The van der Waals surface area contributed by atoms with Crippen molar-refractivity contribution in [3.8, 4) is 0 Å². The Kier molecular flexibility index (Phi) is 3.23. The highest BCUT2D eigenvalue weighted by molar-refractivity contribution is 14.1. The van der Waals surface area contributed by atoms with Crippen molar-refractivity contribution < 1.29 is 18.8 Å². The Bertz CT molecular complexity index is 647. The molecule has 104 valence electrons. The summed E-state index contributed by atoms with van der Waals surface area (Å²) in [4.78, 5) is 36.7. The lowest BCUT2D eigenvalue weighted by Crippen LogP contribution is -2.52. The molecule has 0 saturated carbocycles. The van der Waals surface area contributed by atoms with E-state index in [1.165, 1.54) is 11.0 Å². The molecule has 3 amide bonds. The highest BCUT2D eigenvalue weighted by atomic mass is 127. The Labute approximate surface area is 127 Å². The fraction of sp³-hybridized carbons (Fsp3) is 0.308. The Morgan fingerprint density at radius 3 is 2.70 bits per heavy atom. The number of carbonyl (C=O) groups is 3. The van der Waals surface area contributed by atoms with E-state index in [1.54, 1.807) is 6.07 Å². The molecule has 0 aromatic heterocycles. The molecule has 0 aliphatic carbocycles. The van der Waals surface area contributed by atoms with Gasteiger partial charge in [-0.3, -0.25) is 19.7 Å². The number of imide groups is 1. The zero-order chi connectivity index (χ0) is 14.4. The number of amides is 3. The van der Waals surface area contributed by atoms with E-state index in [1.807, 2.05) is 22.6 Å². The van der Waals surface area contributed by atoms with E-state index >= 15 is 0 Å². The molecule has 1 fully saturated rings. The molecule has 0 unspecified atom stereocenters. The molecule has 0 bridgehead atoms. The van der Waals surface area contributed by atoms with Gasteiger partial charge in [-0.05, 0) is 41.1 Å². The standard InChI is InChI=1S/C13H10FIN2O3/c14-7-1-2-8(15)11-6(7)5-17(13(11)20)9-3-4-10(18)16-12(9)19/h1-2,9H,3-5H2,(H,16,18,19)/t9-/m0/s1. The van der Waals surface area contributed by atoms with Crippen LogP contribution in [0.5, 0.6) is 0 Å². The molecule has 2 heterocycles. The number of halogens is 2. The zero-order valence-electron chi connectivity index (χ0n) is 10.3. The van der Waals surface area contributed by atoms with Gasteiger partial charge in [-0.25, -0.2) is 4.39 Å². The molecule has 2 aliphatic heterocycles. The van der Waals surface area contributed by atoms with E-state index in [4.69, 9.17) is 0 Å². The summed E-state index contributed by atoms with van der Waals surface area (Å²) >= 11 is 1.98. The second-order valence-electron chi connectivity index (χ2n) is 4.78. The van der Waals surface area contributed by atoms with E-state index in [9.17, 15) is 18.8 Å². The van der Waals surface area contributed by atoms with Gasteiger partial charge in [-0.1, -0.05) is 0 Å². The van der Waals surface area contributed by atoms with Gasteiger partial charge in [-0.2, -0.15) is 0 Å². The fourth-order valence-electron chi connectivity index (χ4n) is 2.60. The van der Waals surface area contributed by atoms with Crippen LogP contribution < -0.4 is 5.32 Å². The van der Waals surface area contributed by atoms with Gasteiger partial charge in [0.2, 0.25) is 11.8 Å². The molecule has 1 N–H and O–H groups in total. The number of fused-ring (bicyclic) bond motifs is 1. The van der Waals surface area contributed by atoms with Crippen molar-refractivity contribution in [3.05, 3.63) is 32.6 Å². The third-order valence-electron chi connectivity index (χ3n) is 3.59. The van der Waals surface area contributed by atoms with E-state index in [-0.39, 0.29) is 31.2 Å². The molecule has 0 spiro atoms. The van der Waals surface area contributed by atoms with Crippen LogP contribution in [-0.4, -0.2) is 28.7 Å². The fourth-order valence-corrected chi connectivity index (χ4v) is 3.33. The van der Waals surface area contributed by atoms with Crippen LogP contribution in [0.4, 0.5) is 4.39 Å². The lowest BCUT2D eigenvalue weighted by molar-refractivity contribution is -0.136. The smallest absolute Gasteiger partial charge is 0.256 e. The van der Waals surface area contributed by atoms with E-state index < -0.39 is 17.8 Å². The number of hydrogen-bond acceptors (Lipinski definition) is 3. The van der Waals surface area contributed by atoms with Gasteiger partial charge in [0.25, 0.3) is 5.91 Å². The number of nitrogens with one attached hydrogen (secondary N) is 1. The maximum absolute atomic E-state index is 13.8. The summed E-state index contributed by atoms with van der Waals surface area (Å²) in [6, 6.07) is 2.16. The number of rotatable bonds is 1. The SMILES string of the molecule is O=C1CC[C@H](N2Cc3c(F)ccc(I)c3C2=O)C(=O)N1. The van der Waals surface area contributed by atoms with Gasteiger partial charge in [0, 0.05) is 15.6 Å². The second kappa shape index (κ2) is 4.80.